The summed E-state index contributed by atoms with van der Waals surface area (Å²) in [6.07, 6.45) is 1.21. The van der Waals surface area contributed by atoms with Crippen LogP contribution in [0, 0.1) is 0 Å². The topological polar surface area (TPSA) is 92.7 Å². The molecule has 0 aromatic heterocycles. The van der Waals surface area contributed by atoms with E-state index in [4.69, 9.17) is 4.74 Å². The van der Waals surface area contributed by atoms with E-state index in [0.717, 1.165) is 0 Å². The summed E-state index contributed by atoms with van der Waals surface area (Å²) >= 11 is 0. The molecule has 108 valence electrons. The lowest BCUT2D eigenvalue weighted by molar-refractivity contribution is -0.140. The van der Waals surface area contributed by atoms with Crippen molar-refractivity contribution in [2.24, 2.45) is 0 Å². The molecule has 1 saturated carbocycles. The van der Waals surface area contributed by atoms with Gasteiger partial charge in [0.1, 0.15) is 0 Å². The normalized spacial score (nSPS) is 21.2. The molecule has 0 spiro atoms. The lowest BCUT2D eigenvalue weighted by atomic mass is 9.96. The molecular weight excluding hydrogens is 282 g/mol. The molecule has 0 atom stereocenters. The maximum absolute atomic E-state index is 12.1. The zero-order valence-corrected chi connectivity index (χ0v) is 11.5. The van der Waals surface area contributed by atoms with Gasteiger partial charge in [0.15, 0.2) is 0 Å². The zero-order chi connectivity index (χ0) is 14.4. The van der Waals surface area contributed by atoms with Gasteiger partial charge in [-0.3, -0.25) is 4.79 Å². The van der Waals surface area contributed by atoms with Gasteiger partial charge in [-0.2, -0.15) is 0 Å². The fraction of sp³-hybridized carbons (Fsp3) is 0.462. The van der Waals surface area contributed by atoms with Gasteiger partial charge < -0.3 is 9.84 Å². The highest BCUT2D eigenvalue weighted by Crippen LogP contribution is 2.48. The molecule has 20 heavy (non-hydrogen) atoms. The van der Waals surface area contributed by atoms with E-state index in [1.807, 2.05) is 0 Å². The lowest BCUT2D eigenvalue weighted by Crippen LogP contribution is -2.48. The van der Waals surface area contributed by atoms with Gasteiger partial charge in [-0.05, 0) is 30.5 Å². The van der Waals surface area contributed by atoms with Crippen molar-refractivity contribution in [1.29, 1.82) is 0 Å². The molecule has 3 rings (SSSR count). The number of carbonyl (C=O) groups is 1. The third-order valence-corrected chi connectivity index (χ3v) is 5.37. The number of hydrogen-bond acceptors (Lipinski definition) is 4. The largest absolute Gasteiger partial charge is 0.481 e. The Balaban J connectivity index is 1.81. The minimum atomic E-state index is -3.56. The van der Waals surface area contributed by atoms with Crippen LogP contribution in [0.5, 0.6) is 0 Å². The Morgan fingerprint density at radius 2 is 1.85 bits per heavy atom. The van der Waals surface area contributed by atoms with Gasteiger partial charge in [-0.25, -0.2) is 13.1 Å². The summed E-state index contributed by atoms with van der Waals surface area (Å²) in [5.74, 6) is -0.849. The van der Waals surface area contributed by atoms with Crippen molar-refractivity contribution in [2.45, 2.75) is 29.2 Å². The van der Waals surface area contributed by atoms with Crippen LogP contribution in [0.25, 0.3) is 0 Å². The molecule has 1 aromatic carbocycles. The minimum absolute atomic E-state index is 0.148. The summed E-state index contributed by atoms with van der Waals surface area (Å²) in [5.41, 5.74) is -0.145. The van der Waals surface area contributed by atoms with Crippen LogP contribution in [-0.4, -0.2) is 38.7 Å². The quantitative estimate of drug-likeness (QED) is 0.824. The maximum Gasteiger partial charge on any atom is 0.314 e. The van der Waals surface area contributed by atoms with Gasteiger partial charge in [0.2, 0.25) is 10.0 Å². The molecule has 0 radical (unpaired) electrons. The van der Waals surface area contributed by atoms with E-state index in [1.54, 1.807) is 12.1 Å². The Morgan fingerprint density at radius 3 is 2.25 bits per heavy atom. The zero-order valence-electron chi connectivity index (χ0n) is 10.7. The van der Waals surface area contributed by atoms with Crippen LogP contribution in [0.15, 0.2) is 29.2 Å². The number of hydrogen-bond donors (Lipinski definition) is 2. The smallest absolute Gasteiger partial charge is 0.314 e. The second-order valence-electron chi connectivity index (χ2n) is 5.27. The van der Waals surface area contributed by atoms with Gasteiger partial charge in [0.05, 0.1) is 29.6 Å². The average Bonchev–Trinajstić information content (AvgIpc) is 3.16. The van der Waals surface area contributed by atoms with E-state index in [-0.39, 0.29) is 10.9 Å². The van der Waals surface area contributed by atoms with Crippen LogP contribution in [0.4, 0.5) is 0 Å². The van der Waals surface area contributed by atoms with Gasteiger partial charge in [-0.1, -0.05) is 12.1 Å². The first-order chi connectivity index (χ1) is 9.44. The summed E-state index contributed by atoms with van der Waals surface area (Å²) in [7, 11) is -3.56. The average molecular weight is 297 g/mol. The summed E-state index contributed by atoms with van der Waals surface area (Å²) in [5, 5.41) is 9.20. The molecular formula is C13H15NO5S. The maximum atomic E-state index is 12.1. The molecule has 0 bridgehead atoms. The lowest BCUT2D eigenvalue weighted by Gasteiger charge is -2.26. The van der Waals surface area contributed by atoms with Crippen molar-refractivity contribution in [2.75, 3.05) is 13.2 Å². The van der Waals surface area contributed by atoms with Crippen LogP contribution in [0.3, 0.4) is 0 Å². The van der Waals surface area contributed by atoms with Crippen molar-refractivity contribution in [1.82, 2.24) is 4.72 Å². The van der Waals surface area contributed by atoms with Crippen molar-refractivity contribution in [3.05, 3.63) is 29.8 Å². The summed E-state index contributed by atoms with van der Waals surface area (Å²) in [6.45, 7) is 0.777. The number of ether oxygens (including phenoxy) is 1. The van der Waals surface area contributed by atoms with Gasteiger partial charge in [-0.15, -0.1) is 0 Å². The van der Waals surface area contributed by atoms with Gasteiger partial charge in [0.25, 0.3) is 0 Å². The summed E-state index contributed by atoms with van der Waals surface area (Å²) in [4.78, 5) is 11.4. The van der Waals surface area contributed by atoms with Crippen molar-refractivity contribution in [3.8, 4) is 0 Å². The Bertz CT molecular complexity index is 629. The van der Waals surface area contributed by atoms with E-state index in [9.17, 15) is 18.3 Å². The first kappa shape index (κ1) is 13.5. The van der Waals surface area contributed by atoms with Crippen molar-refractivity contribution < 1.29 is 23.1 Å². The monoisotopic (exact) mass is 297 g/mol. The third-order valence-electron chi connectivity index (χ3n) is 3.84. The number of rotatable bonds is 5. The third kappa shape index (κ3) is 2.21. The highest BCUT2D eigenvalue weighted by atomic mass is 32.2. The number of sulfonamides is 1. The standard InChI is InChI=1S/C13H15NO5S/c15-12(16)13(5-6-13)9-1-3-11(4-2-9)20(17,18)14-10-7-19-8-10/h1-4,10,14H,5-8H2,(H,15,16). The van der Waals surface area contributed by atoms with Gasteiger partial charge in [0, 0.05) is 0 Å². The highest BCUT2D eigenvalue weighted by molar-refractivity contribution is 7.89. The predicted molar refractivity (Wildman–Crippen MR) is 69.9 cm³/mol. The Labute approximate surface area is 116 Å². The summed E-state index contributed by atoms with van der Waals surface area (Å²) < 4.78 is 31.6. The molecule has 1 aliphatic carbocycles. The SMILES string of the molecule is O=C(O)C1(c2ccc(S(=O)(=O)NC3COC3)cc2)CC1. The number of carboxylic acids is 1. The molecule has 1 saturated heterocycles. The first-order valence-electron chi connectivity index (χ1n) is 6.38. The van der Waals surface area contributed by atoms with Crippen molar-refractivity contribution >= 4 is 16.0 Å². The fourth-order valence-electron chi connectivity index (χ4n) is 2.30. The number of nitrogens with one attached hydrogen (secondary N) is 1. The molecule has 2 fully saturated rings. The molecule has 1 heterocycles. The molecule has 1 aromatic rings. The Kier molecular flexibility index (Phi) is 3.07. The molecule has 7 heteroatoms. The predicted octanol–water partition coefficient (Wildman–Crippen LogP) is 0.480. The summed E-state index contributed by atoms with van der Waals surface area (Å²) in [6, 6.07) is 5.92. The molecule has 6 nitrogen and oxygen atoms in total. The van der Waals surface area contributed by atoms with E-state index in [1.165, 1.54) is 12.1 Å². The molecule has 2 aliphatic rings. The molecule has 0 unspecified atom stereocenters. The van der Waals surface area contributed by atoms with E-state index in [2.05, 4.69) is 4.72 Å². The minimum Gasteiger partial charge on any atom is -0.481 e. The van der Waals surface area contributed by atoms with E-state index < -0.39 is 21.4 Å². The van der Waals surface area contributed by atoms with Crippen LogP contribution in [0.1, 0.15) is 18.4 Å². The highest BCUT2D eigenvalue weighted by Gasteiger charge is 2.51. The van der Waals surface area contributed by atoms with Crippen LogP contribution >= 0.6 is 0 Å². The number of carboxylic acid groups (broad SMARTS) is 1. The van der Waals surface area contributed by atoms with E-state index >= 15 is 0 Å². The Morgan fingerprint density at radius 1 is 1.25 bits per heavy atom. The number of benzene rings is 1. The van der Waals surface area contributed by atoms with Gasteiger partial charge >= 0.3 is 5.97 Å². The van der Waals surface area contributed by atoms with Crippen molar-refractivity contribution in [3.63, 3.8) is 0 Å². The van der Waals surface area contributed by atoms with Crippen LogP contribution < -0.4 is 4.72 Å². The molecule has 0 amide bonds. The first-order valence-corrected chi connectivity index (χ1v) is 7.86. The van der Waals surface area contributed by atoms with Crippen LogP contribution in [0.2, 0.25) is 0 Å². The van der Waals surface area contributed by atoms with Crippen LogP contribution in [-0.2, 0) is 25.0 Å². The fourth-order valence-corrected chi connectivity index (χ4v) is 3.50. The van der Waals surface area contributed by atoms with E-state index in [0.29, 0.717) is 31.6 Å². The second kappa shape index (κ2) is 4.54. The molecule has 1 aliphatic heterocycles. The number of aliphatic carboxylic acids is 1. The second-order valence-corrected chi connectivity index (χ2v) is 6.98. The Hall–Kier alpha value is -1.44. The molecule has 2 N–H and O–H groups in total.